The van der Waals surface area contributed by atoms with Crippen molar-refractivity contribution >= 4 is 15.7 Å². The third-order valence-electron chi connectivity index (χ3n) is 4.99. The fourth-order valence-corrected chi connectivity index (χ4v) is 4.00. The summed E-state index contributed by atoms with van der Waals surface area (Å²) >= 11 is 0. The molecule has 0 heterocycles. The van der Waals surface area contributed by atoms with Crippen LogP contribution in [0.5, 0.6) is 5.75 Å². The first-order valence-electron chi connectivity index (χ1n) is 10.4. The van der Waals surface area contributed by atoms with Gasteiger partial charge in [-0.05, 0) is 59.5 Å². The Morgan fingerprint density at radius 3 is 2.26 bits per heavy atom. The Labute approximate surface area is 196 Å². The highest BCUT2D eigenvalue weighted by atomic mass is 32.2. The van der Waals surface area contributed by atoms with Gasteiger partial charge in [0, 0.05) is 18.3 Å². The minimum absolute atomic E-state index is 0.0227. The molecule has 6 nitrogen and oxygen atoms in total. The quantitative estimate of drug-likeness (QED) is 0.368. The normalized spacial score (nSPS) is 13.5. The minimum Gasteiger partial charge on any atom is -0.435 e. The topological polar surface area (TPSA) is 87.7 Å². The summed E-state index contributed by atoms with van der Waals surface area (Å²) in [6.07, 6.45) is 0.519. The maximum absolute atomic E-state index is 13.3. The van der Waals surface area contributed by atoms with Crippen molar-refractivity contribution in [2.75, 3.05) is 17.5 Å². The number of nitrogens with one attached hydrogen (secondary N) is 2. The number of alkyl halides is 2. The first-order chi connectivity index (χ1) is 16.1. The van der Waals surface area contributed by atoms with Gasteiger partial charge in [-0.1, -0.05) is 36.4 Å². The number of rotatable bonds is 11. The van der Waals surface area contributed by atoms with E-state index in [2.05, 4.69) is 14.8 Å². The molecular formula is C24H25F3N2O4S. The molecule has 3 N–H and O–H groups in total. The summed E-state index contributed by atoms with van der Waals surface area (Å²) in [5.41, 5.74) is 2.42. The number of aliphatic hydroxyl groups is 1. The zero-order valence-electron chi connectivity index (χ0n) is 18.3. The molecule has 2 atom stereocenters. The summed E-state index contributed by atoms with van der Waals surface area (Å²) < 4.78 is 67.9. The highest BCUT2D eigenvalue weighted by molar-refractivity contribution is 7.92. The van der Waals surface area contributed by atoms with E-state index >= 15 is 0 Å². The lowest BCUT2D eigenvalue weighted by Gasteiger charge is -2.22. The molecule has 0 bridgehead atoms. The number of ether oxygens (including phenoxy) is 1. The molecule has 3 aromatic rings. The van der Waals surface area contributed by atoms with Gasteiger partial charge in [0.2, 0.25) is 10.0 Å². The molecule has 0 fully saturated rings. The van der Waals surface area contributed by atoms with Crippen molar-refractivity contribution in [3.8, 4) is 5.75 Å². The van der Waals surface area contributed by atoms with E-state index in [4.69, 9.17) is 0 Å². The molecule has 0 aliphatic rings. The Balaban J connectivity index is 1.75. The standard InChI is InChI=1S/C24H25F3N2O4S/c1-34(31,32)29-20-4-2-3-18(14-20)23(30)15-28-22(13-16-5-9-19(25)10-6-16)17-7-11-21(12-8-17)33-24(26)27/h2-12,14,22-24,28-30H,13,15H2,1H3/t22?,23-/m1/s1. The Hall–Kier alpha value is -3.08. The van der Waals surface area contributed by atoms with Crippen LogP contribution in [-0.4, -0.2) is 32.9 Å². The number of sulfonamides is 1. The molecule has 0 spiro atoms. The fraction of sp³-hybridized carbons (Fsp3) is 0.250. The van der Waals surface area contributed by atoms with Gasteiger partial charge in [0.1, 0.15) is 11.6 Å². The van der Waals surface area contributed by atoms with Gasteiger partial charge in [-0.25, -0.2) is 12.8 Å². The van der Waals surface area contributed by atoms with Gasteiger partial charge >= 0.3 is 6.61 Å². The van der Waals surface area contributed by atoms with E-state index in [0.717, 1.165) is 17.4 Å². The molecule has 34 heavy (non-hydrogen) atoms. The number of benzene rings is 3. The molecule has 182 valence electrons. The Bertz CT molecular complexity index is 1170. The Morgan fingerprint density at radius 2 is 1.65 bits per heavy atom. The van der Waals surface area contributed by atoms with E-state index in [-0.39, 0.29) is 24.2 Å². The van der Waals surface area contributed by atoms with Crippen LogP contribution in [0.3, 0.4) is 0 Å². The van der Waals surface area contributed by atoms with Gasteiger partial charge in [0.15, 0.2) is 0 Å². The van der Waals surface area contributed by atoms with Crippen LogP contribution in [0.25, 0.3) is 0 Å². The molecule has 0 amide bonds. The smallest absolute Gasteiger partial charge is 0.387 e. The molecule has 0 aromatic heterocycles. The first kappa shape index (κ1) is 25.5. The molecule has 0 aliphatic heterocycles. The minimum atomic E-state index is -3.46. The van der Waals surface area contributed by atoms with Crippen molar-refractivity contribution in [2.24, 2.45) is 0 Å². The van der Waals surface area contributed by atoms with Crippen LogP contribution in [0.4, 0.5) is 18.9 Å². The highest BCUT2D eigenvalue weighted by Crippen LogP contribution is 2.24. The number of hydrogen-bond donors (Lipinski definition) is 3. The van der Waals surface area contributed by atoms with Crippen molar-refractivity contribution in [1.82, 2.24) is 5.32 Å². The summed E-state index contributed by atoms with van der Waals surface area (Å²) in [6, 6.07) is 18.2. The summed E-state index contributed by atoms with van der Waals surface area (Å²) in [4.78, 5) is 0. The zero-order valence-corrected chi connectivity index (χ0v) is 19.1. The van der Waals surface area contributed by atoms with Crippen LogP contribution in [0.2, 0.25) is 0 Å². The molecule has 0 saturated carbocycles. The number of aliphatic hydroxyl groups excluding tert-OH is 1. The van der Waals surface area contributed by atoms with Crippen LogP contribution in [0.15, 0.2) is 72.8 Å². The largest absolute Gasteiger partial charge is 0.435 e. The Morgan fingerprint density at radius 1 is 0.971 bits per heavy atom. The maximum atomic E-state index is 13.3. The predicted molar refractivity (Wildman–Crippen MR) is 124 cm³/mol. The number of hydrogen-bond acceptors (Lipinski definition) is 5. The van der Waals surface area contributed by atoms with E-state index in [1.165, 1.54) is 24.3 Å². The van der Waals surface area contributed by atoms with Crippen molar-refractivity contribution < 1.29 is 31.4 Å². The van der Waals surface area contributed by atoms with Gasteiger partial charge < -0.3 is 15.2 Å². The van der Waals surface area contributed by atoms with Crippen LogP contribution in [0, 0.1) is 5.82 Å². The molecule has 0 aliphatic carbocycles. The summed E-state index contributed by atoms with van der Waals surface area (Å²) in [7, 11) is -3.46. The van der Waals surface area contributed by atoms with Crippen LogP contribution in [-0.2, 0) is 16.4 Å². The summed E-state index contributed by atoms with van der Waals surface area (Å²) in [5, 5.41) is 13.9. The van der Waals surface area contributed by atoms with Gasteiger partial charge in [-0.2, -0.15) is 8.78 Å². The monoisotopic (exact) mass is 494 g/mol. The highest BCUT2D eigenvalue weighted by Gasteiger charge is 2.17. The lowest BCUT2D eigenvalue weighted by Crippen LogP contribution is -2.28. The summed E-state index contributed by atoms with van der Waals surface area (Å²) in [6.45, 7) is -2.81. The molecule has 3 rings (SSSR count). The van der Waals surface area contributed by atoms with E-state index < -0.39 is 22.7 Å². The molecule has 0 saturated heterocycles. The molecule has 0 radical (unpaired) electrons. The van der Waals surface area contributed by atoms with Crippen molar-refractivity contribution in [3.63, 3.8) is 0 Å². The third kappa shape index (κ3) is 8.05. The SMILES string of the molecule is CS(=O)(=O)Nc1cccc([C@H](O)CNC(Cc2ccc(F)cc2)c2ccc(OC(F)F)cc2)c1. The van der Waals surface area contributed by atoms with E-state index in [9.17, 15) is 26.7 Å². The van der Waals surface area contributed by atoms with Gasteiger partial charge in [-0.3, -0.25) is 4.72 Å². The lowest BCUT2D eigenvalue weighted by atomic mass is 9.98. The number of anilines is 1. The molecule has 1 unspecified atom stereocenters. The molecule has 3 aromatic carbocycles. The maximum Gasteiger partial charge on any atom is 0.387 e. The summed E-state index contributed by atoms with van der Waals surface area (Å²) in [5.74, 6) is -0.339. The van der Waals surface area contributed by atoms with Crippen molar-refractivity contribution in [3.05, 3.63) is 95.3 Å². The molecular weight excluding hydrogens is 469 g/mol. The number of halogens is 3. The second kappa shape index (κ2) is 11.4. The van der Waals surface area contributed by atoms with Gasteiger partial charge in [0.05, 0.1) is 12.4 Å². The third-order valence-corrected chi connectivity index (χ3v) is 5.60. The van der Waals surface area contributed by atoms with E-state index in [0.29, 0.717) is 17.7 Å². The second-order valence-electron chi connectivity index (χ2n) is 7.75. The zero-order chi connectivity index (χ0) is 24.7. The van der Waals surface area contributed by atoms with E-state index in [1.807, 2.05) is 0 Å². The predicted octanol–water partition coefficient (Wildman–Crippen LogP) is 4.41. The average molecular weight is 495 g/mol. The van der Waals surface area contributed by atoms with Gasteiger partial charge in [-0.15, -0.1) is 0 Å². The lowest BCUT2D eigenvalue weighted by molar-refractivity contribution is -0.0498. The van der Waals surface area contributed by atoms with Crippen LogP contribution < -0.4 is 14.8 Å². The first-order valence-corrected chi connectivity index (χ1v) is 12.3. The van der Waals surface area contributed by atoms with Gasteiger partial charge in [0.25, 0.3) is 0 Å². The van der Waals surface area contributed by atoms with Crippen molar-refractivity contribution in [2.45, 2.75) is 25.2 Å². The second-order valence-corrected chi connectivity index (χ2v) is 9.50. The van der Waals surface area contributed by atoms with E-state index in [1.54, 1.807) is 48.5 Å². The fourth-order valence-electron chi connectivity index (χ4n) is 3.44. The average Bonchev–Trinajstić information content (AvgIpc) is 2.77. The van der Waals surface area contributed by atoms with Crippen LogP contribution >= 0.6 is 0 Å². The molecule has 10 heteroatoms. The Kier molecular flexibility index (Phi) is 8.54. The van der Waals surface area contributed by atoms with Crippen molar-refractivity contribution in [1.29, 1.82) is 0 Å². The van der Waals surface area contributed by atoms with Crippen LogP contribution in [0.1, 0.15) is 28.8 Å².